The van der Waals surface area contributed by atoms with Crippen LogP contribution in [0.15, 0.2) is 88.1 Å². The SMILES string of the molecule is O=c1oc2cc(OCC(O)CN3CCN(C(c4ccccc4)c4ccccc4)CC3)ccc2c2c1CCC2. The summed E-state index contributed by atoms with van der Waals surface area (Å²) in [5, 5.41) is 11.7. The lowest BCUT2D eigenvalue weighted by Crippen LogP contribution is -2.50. The smallest absolute Gasteiger partial charge is 0.339 e. The Morgan fingerprint density at radius 2 is 1.50 bits per heavy atom. The average molecular weight is 511 g/mol. The zero-order valence-electron chi connectivity index (χ0n) is 21.6. The first-order chi connectivity index (χ1) is 18.7. The predicted molar refractivity (Wildman–Crippen MR) is 149 cm³/mol. The maximum Gasteiger partial charge on any atom is 0.339 e. The first kappa shape index (κ1) is 24.9. The van der Waals surface area contributed by atoms with Crippen LogP contribution in [-0.2, 0) is 12.8 Å². The predicted octanol–water partition coefficient (Wildman–Crippen LogP) is 4.43. The Hall–Kier alpha value is -3.45. The van der Waals surface area contributed by atoms with Gasteiger partial charge in [-0.25, -0.2) is 4.79 Å². The van der Waals surface area contributed by atoms with Crippen LogP contribution < -0.4 is 10.4 Å². The molecule has 38 heavy (non-hydrogen) atoms. The Morgan fingerprint density at radius 3 is 2.18 bits per heavy atom. The van der Waals surface area contributed by atoms with E-state index in [0.717, 1.165) is 62.0 Å². The molecule has 0 bridgehead atoms. The molecule has 1 N–H and O–H groups in total. The quantitative estimate of drug-likeness (QED) is 0.354. The second-order valence-corrected chi connectivity index (χ2v) is 10.4. The van der Waals surface area contributed by atoms with Crippen molar-refractivity contribution in [3.05, 3.63) is 112 Å². The number of aliphatic hydroxyl groups excluding tert-OH is 1. The third-order valence-corrected chi connectivity index (χ3v) is 7.86. The summed E-state index contributed by atoms with van der Waals surface area (Å²) in [6.45, 7) is 4.38. The van der Waals surface area contributed by atoms with Crippen molar-refractivity contribution in [2.75, 3.05) is 39.3 Å². The van der Waals surface area contributed by atoms with Gasteiger partial charge in [-0.05, 0) is 48.1 Å². The molecule has 1 fully saturated rings. The van der Waals surface area contributed by atoms with E-state index in [-0.39, 0.29) is 18.3 Å². The lowest BCUT2D eigenvalue weighted by molar-refractivity contribution is 0.0401. The van der Waals surface area contributed by atoms with Crippen molar-refractivity contribution in [2.24, 2.45) is 0 Å². The number of hydrogen-bond donors (Lipinski definition) is 1. The molecule has 1 saturated heterocycles. The van der Waals surface area contributed by atoms with Crippen molar-refractivity contribution in [3.63, 3.8) is 0 Å². The van der Waals surface area contributed by atoms with Crippen molar-refractivity contribution in [2.45, 2.75) is 31.4 Å². The van der Waals surface area contributed by atoms with Crippen LogP contribution in [0.4, 0.5) is 0 Å². The minimum Gasteiger partial charge on any atom is -0.491 e. The number of benzene rings is 3. The van der Waals surface area contributed by atoms with E-state index in [9.17, 15) is 9.90 Å². The Balaban J connectivity index is 1.05. The highest BCUT2D eigenvalue weighted by Gasteiger charge is 2.27. The van der Waals surface area contributed by atoms with Crippen molar-refractivity contribution in [3.8, 4) is 5.75 Å². The molecule has 4 aromatic rings. The number of aliphatic hydroxyl groups is 1. The minimum absolute atomic E-state index is 0.192. The van der Waals surface area contributed by atoms with Gasteiger partial charge >= 0.3 is 5.63 Å². The van der Waals surface area contributed by atoms with Crippen molar-refractivity contribution < 1.29 is 14.3 Å². The summed E-state index contributed by atoms with van der Waals surface area (Å²) < 4.78 is 11.5. The molecular formula is C32H34N2O4. The molecule has 2 aliphatic rings. The highest BCUT2D eigenvalue weighted by Crippen LogP contribution is 2.31. The van der Waals surface area contributed by atoms with Gasteiger partial charge in [0.2, 0.25) is 0 Å². The molecule has 6 rings (SSSR count). The van der Waals surface area contributed by atoms with Gasteiger partial charge in [-0.3, -0.25) is 9.80 Å². The lowest BCUT2D eigenvalue weighted by Gasteiger charge is -2.40. The van der Waals surface area contributed by atoms with Crippen LogP contribution in [0, 0.1) is 0 Å². The molecule has 1 unspecified atom stereocenters. The normalized spacial score (nSPS) is 17.1. The molecule has 0 saturated carbocycles. The van der Waals surface area contributed by atoms with Crippen molar-refractivity contribution in [1.82, 2.24) is 9.80 Å². The highest BCUT2D eigenvalue weighted by molar-refractivity contribution is 5.83. The zero-order chi connectivity index (χ0) is 25.9. The van der Waals surface area contributed by atoms with Gasteiger partial charge < -0.3 is 14.3 Å². The monoisotopic (exact) mass is 510 g/mol. The Kier molecular flexibility index (Phi) is 7.27. The number of hydrogen-bond acceptors (Lipinski definition) is 6. The summed E-state index contributed by atoms with van der Waals surface area (Å²) in [5.41, 5.74) is 4.87. The van der Waals surface area contributed by atoms with Crippen molar-refractivity contribution in [1.29, 1.82) is 0 Å². The third kappa shape index (κ3) is 5.25. The van der Waals surface area contributed by atoms with E-state index in [1.807, 2.05) is 12.1 Å². The lowest BCUT2D eigenvalue weighted by atomic mass is 9.96. The van der Waals surface area contributed by atoms with E-state index in [2.05, 4.69) is 70.5 Å². The van der Waals surface area contributed by atoms with Gasteiger partial charge in [0.25, 0.3) is 0 Å². The molecule has 196 valence electrons. The zero-order valence-corrected chi connectivity index (χ0v) is 21.6. The summed E-state index contributed by atoms with van der Waals surface area (Å²) in [6.07, 6.45) is 2.10. The number of nitrogens with zero attached hydrogens (tertiary/aromatic N) is 2. The van der Waals surface area contributed by atoms with Crippen molar-refractivity contribution >= 4 is 11.0 Å². The summed E-state index contributed by atoms with van der Waals surface area (Å²) in [5.74, 6) is 0.607. The number of rotatable bonds is 8. The topological polar surface area (TPSA) is 66.2 Å². The molecule has 3 aromatic carbocycles. The van der Waals surface area contributed by atoms with Gasteiger partial charge in [0.1, 0.15) is 24.0 Å². The standard InChI is InChI=1S/C32H34N2O4/c35-25(22-37-26-14-15-28-27-12-7-13-29(27)32(36)38-30(28)20-26)21-33-16-18-34(19-17-33)31(23-8-3-1-4-9-23)24-10-5-2-6-11-24/h1-6,8-11,14-15,20,25,31,35H,7,12-13,16-19,21-22H2. The Labute approximate surface area is 223 Å². The van der Waals surface area contributed by atoms with E-state index in [0.29, 0.717) is 17.9 Å². The molecule has 0 radical (unpaired) electrons. The van der Waals surface area contributed by atoms with E-state index < -0.39 is 6.10 Å². The first-order valence-corrected chi connectivity index (χ1v) is 13.6. The van der Waals surface area contributed by atoms with Gasteiger partial charge in [0.05, 0.1) is 6.04 Å². The molecule has 6 heteroatoms. The van der Waals surface area contributed by atoms with Gasteiger partial charge in [-0.1, -0.05) is 60.7 Å². The molecule has 1 aliphatic carbocycles. The van der Waals surface area contributed by atoms with E-state index in [4.69, 9.17) is 9.15 Å². The van der Waals surface area contributed by atoms with Crippen LogP contribution in [0.25, 0.3) is 11.0 Å². The molecule has 2 heterocycles. The van der Waals surface area contributed by atoms with Crippen LogP contribution in [0.1, 0.15) is 34.7 Å². The highest BCUT2D eigenvalue weighted by atomic mass is 16.5. The molecule has 1 aliphatic heterocycles. The first-order valence-electron chi connectivity index (χ1n) is 13.6. The third-order valence-electron chi connectivity index (χ3n) is 7.86. The van der Waals surface area contributed by atoms with Crippen LogP contribution in [-0.4, -0.2) is 60.3 Å². The maximum atomic E-state index is 12.3. The number of ether oxygens (including phenoxy) is 1. The van der Waals surface area contributed by atoms with E-state index in [1.165, 1.54) is 11.1 Å². The van der Waals surface area contributed by atoms with E-state index >= 15 is 0 Å². The van der Waals surface area contributed by atoms with Gasteiger partial charge in [-0.2, -0.15) is 0 Å². The summed E-state index contributed by atoms with van der Waals surface area (Å²) >= 11 is 0. The van der Waals surface area contributed by atoms with Crippen LogP contribution in [0.5, 0.6) is 5.75 Å². The van der Waals surface area contributed by atoms with Gasteiger partial charge in [0.15, 0.2) is 0 Å². The number of aryl methyl sites for hydroxylation is 1. The van der Waals surface area contributed by atoms with Crippen LogP contribution in [0.3, 0.4) is 0 Å². The molecule has 6 nitrogen and oxygen atoms in total. The molecule has 0 amide bonds. The fraction of sp³-hybridized carbons (Fsp3) is 0.344. The number of fused-ring (bicyclic) bond motifs is 3. The molecule has 1 aromatic heterocycles. The summed E-state index contributed by atoms with van der Waals surface area (Å²) in [6, 6.07) is 27.2. The fourth-order valence-corrected chi connectivity index (χ4v) is 5.99. The van der Waals surface area contributed by atoms with Crippen LogP contribution >= 0.6 is 0 Å². The maximum absolute atomic E-state index is 12.3. The second-order valence-electron chi connectivity index (χ2n) is 10.4. The molecular weight excluding hydrogens is 476 g/mol. The number of piperazine rings is 1. The second kappa shape index (κ2) is 11.1. The Morgan fingerprint density at radius 1 is 0.842 bits per heavy atom. The molecule has 0 spiro atoms. The van der Waals surface area contributed by atoms with E-state index in [1.54, 1.807) is 6.07 Å². The minimum atomic E-state index is -0.608. The summed E-state index contributed by atoms with van der Waals surface area (Å²) in [7, 11) is 0. The van der Waals surface area contributed by atoms with Gasteiger partial charge in [-0.15, -0.1) is 0 Å². The number of β-amino-alcohol motifs (C(OH)–C–C–N with tert-alkyl or cyclic N) is 1. The average Bonchev–Trinajstić information content (AvgIpc) is 3.45. The fourth-order valence-electron chi connectivity index (χ4n) is 5.99. The summed E-state index contributed by atoms with van der Waals surface area (Å²) in [4.78, 5) is 17.1. The Bertz CT molecular complexity index is 1390. The van der Waals surface area contributed by atoms with Gasteiger partial charge in [0, 0.05) is 49.7 Å². The van der Waals surface area contributed by atoms with Crippen LogP contribution in [0.2, 0.25) is 0 Å². The molecule has 1 atom stereocenters. The largest absolute Gasteiger partial charge is 0.491 e.